The highest BCUT2D eigenvalue weighted by molar-refractivity contribution is 5.76. The number of Topliss-reactive ketones (excluding diaryl/α,β-unsaturated/α-hetero) is 1. The lowest BCUT2D eigenvalue weighted by atomic mass is 10.2. The van der Waals surface area contributed by atoms with Gasteiger partial charge in [0.25, 0.3) is 0 Å². The number of carbonyl (C=O) groups excluding carboxylic acids is 1. The van der Waals surface area contributed by atoms with E-state index in [-0.39, 0.29) is 5.78 Å². The first-order valence-corrected chi connectivity index (χ1v) is 6.90. The van der Waals surface area contributed by atoms with Crippen molar-refractivity contribution >= 4 is 17.4 Å². The van der Waals surface area contributed by atoms with Gasteiger partial charge in [-0.05, 0) is 13.3 Å². The zero-order valence-corrected chi connectivity index (χ0v) is 12.1. The molecule has 1 aromatic rings. The third-order valence-corrected chi connectivity index (χ3v) is 2.93. The number of carbonyl (C=O) groups is 1. The van der Waals surface area contributed by atoms with Crippen LogP contribution in [0, 0.1) is 0 Å². The lowest BCUT2D eigenvalue weighted by Crippen LogP contribution is -2.21. The molecule has 0 saturated carbocycles. The van der Waals surface area contributed by atoms with Crippen molar-refractivity contribution in [2.45, 2.75) is 39.5 Å². The first-order valence-electron chi connectivity index (χ1n) is 6.90. The molecule has 0 unspecified atom stereocenters. The van der Waals surface area contributed by atoms with E-state index in [2.05, 4.69) is 22.2 Å². The number of anilines is 2. The highest BCUT2D eigenvalue weighted by Gasteiger charge is 2.05. The molecule has 1 N–H and O–H groups in total. The Balaban J connectivity index is 2.48. The van der Waals surface area contributed by atoms with Gasteiger partial charge in [-0.25, -0.2) is 9.97 Å². The normalized spacial score (nSPS) is 10.3. The molecule has 0 aliphatic heterocycles. The van der Waals surface area contributed by atoms with E-state index in [9.17, 15) is 4.79 Å². The SMILES string of the molecule is CCCCCNc1cc(N(C)CCC(C)=O)ncn1. The molecule has 1 rings (SSSR count). The minimum absolute atomic E-state index is 0.193. The smallest absolute Gasteiger partial charge is 0.133 e. The Kier molecular flexibility index (Phi) is 6.85. The molecule has 0 atom stereocenters. The topological polar surface area (TPSA) is 58.1 Å². The van der Waals surface area contributed by atoms with Crippen molar-refractivity contribution in [2.24, 2.45) is 0 Å². The molecule has 1 aromatic heterocycles. The summed E-state index contributed by atoms with van der Waals surface area (Å²) < 4.78 is 0. The first kappa shape index (κ1) is 15.4. The molecule has 1 heterocycles. The standard InChI is InChI=1S/C14H24N4O/c1-4-5-6-8-15-13-10-14(17-11-16-13)18(3)9-7-12(2)19/h10-11H,4-9H2,1-3H3,(H,15,16,17). The fourth-order valence-corrected chi connectivity index (χ4v) is 1.68. The van der Waals surface area contributed by atoms with Gasteiger partial charge in [-0.1, -0.05) is 19.8 Å². The average molecular weight is 264 g/mol. The number of nitrogens with zero attached hydrogens (tertiary/aromatic N) is 3. The van der Waals surface area contributed by atoms with Gasteiger partial charge in [0.1, 0.15) is 23.7 Å². The molecule has 0 saturated heterocycles. The van der Waals surface area contributed by atoms with Gasteiger partial charge >= 0.3 is 0 Å². The van der Waals surface area contributed by atoms with Crippen molar-refractivity contribution in [3.05, 3.63) is 12.4 Å². The molecule has 106 valence electrons. The Hall–Kier alpha value is -1.65. The molecule has 5 heteroatoms. The molecular formula is C14H24N4O. The number of aromatic nitrogens is 2. The quantitative estimate of drug-likeness (QED) is 0.694. The number of nitrogens with one attached hydrogen (secondary N) is 1. The van der Waals surface area contributed by atoms with Crippen molar-refractivity contribution in [1.82, 2.24) is 9.97 Å². The summed E-state index contributed by atoms with van der Waals surface area (Å²) >= 11 is 0. The molecular weight excluding hydrogens is 240 g/mol. The molecule has 0 aliphatic rings. The van der Waals surface area contributed by atoms with E-state index in [0.717, 1.165) is 24.6 Å². The average Bonchev–Trinajstić information content (AvgIpc) is 2.41. The highest BCUT2D eigenvalue weighted by Crippen LogP contribution is 2.13. The third-order valence-electron chi connectivity index (χ3n) is 2.93. The van der Waals surface area contributed by atoms with Gasteiger partial charge in [0.2, 0.25) is 0 Å². The molecule has 0 aromatic carbocycles. The molecule has 0 radical (unpaired) electrons. The van der Waals surface area contributed by atoms with Crippen molar-refractivity contribution < 1.29 is 4.79 Å². The van der Waals surface area contributed by atoms with E-state index in [1.165, 1.54) is 12.8 Å². The van der Waals surface area contributed by atoms with Crippen molar-refractivity contribution in [3.63, 3.8) is 0 Å². The lowest BCUT2D eigenvalue weighted by Gasteiger charge is -2.17. The Morgan fingerprint density at radius 2 is 2.16 bits per heavy atom. The maximum atomic E-state index is 11.0. The zero-order chi connectivity index (χ0) is 14.1. The van der Waals surface area contributed by atoms with Crippen molar-refractivity contribution in [1.29, 1.82) is 0 Å². The first-order chi connectivity index (χ1) is 9.13. The Morgan fingerprint density at radius 1 is 1.37 bits per heavy atom. The van der Waals surface area contributed by atoms with Gasteiger partial charge < -0.3 is 10.2 Å². The van der Waals surface area contributed by atoms with Crippen LogP contribution >= 0.6 is 0 Å². The molecule has 19 heavy (non-hydrogen) atoms. The second-order valence-corrected chi connectivity index (χ2v) is 4.77. The maximum Gasteiger partial charge on any atom is 0.133 e. The van der Waals surface area contributed by atoms with Crippen LogP contribution in [-0.2, 0) is 4.79 Å². The van der Waals surface area contributed by atoms with Crippen molar-refractivity contribution in [3.8, 4) is 0 Å². The molecule has 0 amide bonds. The number of hydrogen-bond donors (Lipinski definition) is 1. The summed E-state index contributed by atoms with van der Waals surface area (Å²) in [6, 6.07) is 1.92. The summed E-state index contributed by atoms with van der Waals surface area (Å²) in [7, 11) is 1.94. The van der Waals surface area contributed by atoms with Crippen LogP contribution in [0.2, 0.25) is 0 Å². The van der Waals surface area contributed by atoms with Crippen LogP contribution in [-0.4, -0.2) is 35.9 Å². The van der Waals surface area contributed by atoms with Crippen LogP contribution < -0.4 is 10.2 Å². The molecule has 5 nitrogen and oxygen atoms in total. The van der Waals surface area contributed by atoms with E-state index in [1.807, 2.05) is 18.0 Å². The summed E-state index contributed by atoms with van der Waals surface area (Å²) in [6.07, 6.45) is 5.69. The minimum Gasteiger partial charge on any atom is -0.370 e. The molecule has 0 bridgehead atoms. The lowest BCUT2D eigenvalue weighted by molar-refractivity contribution is -0.116. The predicted molar refractivity (Wildman–Crippen MR) is 78.6 cm³/mol. The zero-order valence-electron chi connectivity index (χ0n) is 12.1. The van der Waals surface area contributed by atoms with Gasteiger partial charge in [-0.15, -0.1) is 0 Å². The Labute approximate surface area is 115 Å². The third kappa shape index (κ3) is 6.18. The number of hydrogen-bond acceptors (Lipinski definition) is 5. The van der Waals surface area contributed by atoms with Gasteiger partial charge in [-0.3, -0.25) is 4.79 Å². The van der Waals surface area contributed by atoms with E-state index >= 15 is 0 Å². The van der Waals surface area contributed by atoms with Gasteiger partial charge in [0.05, 0.1) is 0 Å². The summed E-state index contributed by atoms with van der Waals surface area (Å²) in [5.74, 6) is 1.88. The molecule has 0 spiro atoms. The Bertz CT molecular complexity index is 395. The highest BCUT2D eigenvalue weighted by atomic mass is 16.1. The van der Waals surface area contributed by atoms with E-state index < -0.39 is 0 Å². The van der Waals surface area contributed by atoms with Crippen LogP contribution in [0.15, 0.2) is 12.4 Å². The molecule has 0 fully saturated rings. The number of ketones is 1. The molecule has 0 aliphatic carbocycles. The minimum atomic E-state index is 0.193. The fourth-order valence-electron chi connectivity index (χ4n) is 1.68. The summed E-state index contributed by atoms with van der Waals surface area (Å²) in [5, 5.41) is 3.29. The van der Waals surface area contributed by atoms with Crippen LogP contribution in [0.5, 0.6) is 0 Å². The summed E-state index contributed by atoms with van der Waals surface area (Å²) in [5.41, 5.74) is 0. The maximum absolute atomic E-state index is 11.0. The van der Waals surface area contributed by atoms with Crippen LogP contribution in [0.25, 0.3) is 0 Å². The van der Waals surface area contributed by atoms with Gasteiger partial charge in [-0.2, -0.15) is 0 Å². The number of unbranched alkanes of at least 4 members (excludes halogenated alkanes) is 2. The fraction of sp³-hybridized carbons (Fsp3) is 0.643. The summed E-state index contributed by atoms with van der Waals surface area (Å²) in [4.78, 5) is 21.4. The Morgan fingerprint density at radius 3 is 2.84 bits per heavy atom. The van der Waals surface area contributed by atoms with Crippen LogP contribution in [0.1, 0.15) is 39.5 Å². The van der Waals surface area contributed by atoms with Gasteiger partial charge in [0.15, 0.2) is 0 Å². The van der Waals surface area contributed by atoms with Crippen molar-refractivity contribution in [2.75, 3.05) is 30.4 Å². The number of rotatable bonds is 9. The van der Waals surface area contributed by atoms with E-state index in [4.69, 9.17) is 0 Å². The summed E-state index contributed by atoms with van der Waals surface area (Å²) in [6.45, 7) is 5.41. The monoisotopic (exact) mass is 264 g/mol. The predicted octanol–water partition coefficient (Wildman–Crippen LogP) is 2.49. The van der Waals surface area contributed by atoms with E-state index in [0.29, 0.717) is 13.0 Å². The van der Waals surface area contributed by atoms with Gasteiger partial charge in [0, 0.05) is 32.6 Å². The largest absolute Gasteiger partial charge is 0.370 e. The second kappa shape index (κ2) is 8.45. The van der Waals surface area contributed by atoms with Crippen LogP contribution in [0.3, 0.4) is 0 Å². The van der Waals surface area contributed by atoms with E-state index in [1.54, 1.807) is 13.3 Å². The second-order valence-electron chi connectivity index (χ2n) is 4.77. The van der Waals surface area contributed by atoms with Crippen LogP contribution in [0.4, 0.5) is 11.6 Å².